The average molecular weight is 396 g/mol. The van der Waals surface area contributed by atoms with Crippen LogP contribution in [0.25, 0.3) is 0 Å². The monoisotopic (exact) mass is 395 g/mol. The zero-order valence-corrected chi connectivity index (χ0v) is 17.2. The summed E-state index contributed by atoms with van der Waals surface area (Å²) in [5.74, 6) is 0.781. The van der Waals surface area contributed by atoms with Gasteiger partial charge in [-0.05, 0) is 50.6 Å². The Balaban J connectivity index is 1.62. The molecule has 150 valence electrons. The Kier molecular flexibility index (Phi) is 6.08. The van der Waals surface area contributed by atoms with E-state index < -0.39 is 10.0 Å². The normalized spacial score (nSPS) is 20.6. The smallest absolute Gasteiger partial charge is 0.243 e. The van der Waals surface area contributed by atoms with Crippen LogP contribution in [0.1, 0.15) is 18.4 Å². The van der Waals surface area contributed by atoms with Crippen molar-refractivity contribution in [2.45, 2.75) is 24.7 Å². The maximum Gasteiger partial charge on any atom is 0.243 e. The van der Waals surface area contributed by atoms with Crippen LogP contribution in [0.5, 0.6) is 5.75 Å². The molecule has 0 unspecified atom stereocenters. The van der Waals surface area contributed by atoms with Gasteiger partial charge in [-0.3, -0.25) is 4.79 Å². The zero-order valence-electron chi connectivity index (χ0n) is 16.3. The van der Waals surface area contributed by atoms with Gasteiger partial charge in [-0.15, -0.1) is 0 Å². The topological polar surface area (TPSA) is 70.2 Å². The summed E-state index contributed by atoms with van der Waals surface area (Å²) in [4.78, 5) is 17.2. The highest BCUT2D eigenvalue weighted by Crippen LogP contribution is 2.28. The number of piperidine rings is 1. The third kappa shape index (κ3) is 4.28. The minimum Gasteiger partial charge on any atom is -0.496 e. The molecule has 0 saturated carbocycles. The Labute approximate surface area is 161 Å². The summed E-state index contributed by atoms with van der Waals surface area (Å²) in [7, 11) is 0.0851. The second-order valence-electron chi connectivity index (χ2n) is 7.44. The van der Waals surface area contributed by atoms with Gasteiger partial charge in [0.2, 0.25) is 15.9 Å². The number of carbonyl (C=O) groups is 1. The number of hydrogen-bond acceptors (Lipinski definition) is 5. The predicted molar refractivity (Wildman–Crippen MR) is 103 cm³/mol. The maximum atomic E-state index is 12.9. The van der Waals surface area contributed by atoms with Crippen LogP contribution in [0.15, 0.2) is 23.1 Å². The van der Waals surface area contributed by atoms with Crippen molar-refractivity contribution in [1.82, 2.24) is 14.1 Å². The standard InChI is InChI=1S/C19H29N3O4S/c1-15-14-17(4-5-18(15)26-3)27(24,25)22-8-6-16(7-9-22)19(23)21-12-10-20(2)11-13-21/h4-5,14,16H,6-13H2,1-3H3. The first-order valence-corrected chi connectivity index (χ1v) is 10.9. The molecule has 8 heteroatoms. The average Bonchev–Trinajstić information content (AvgIpc) is 2.68. The molecule has 0 bridgehead atoms. The van der Waals surface area contributed by atoms with Crippen molar-refractivity contribution in [3.05, 3.63) is 23.8 Å². The lowest BCUT2D eigenvalue weighted by atomic mass is 9.96. The highest BCUT2D eigenvalue weighted by molar-refractivity contribution is 7.89. The van der Waals surface area contributed by atoms with Crippen LogP contribution in [0.3, 0.4) is 0 Å². The fraction of sp³-hybridized carbons (Fsp3) is 0.632. The van der Waals surface area contributed by atoms with Gasteiger partial charge in [0.05, 0.1) is 12.0 Å². The molecular weight excluding hydrogens is 366 g/mol. The number of hydrogen-bond donors (Lipinski definition) is 0. The first-order valence-electron chi connectivity index (χ1n) is 9.45. The number of amides is 1. The van der Waals surface area contributed by atoms with Crippen LogP contribution in [0, 0.1) is 12.8 Å². The van der Waals surface area contributed by atoms with Crippen LogP contribution < -0.4 is 4.74 Å². The predicted octanol–water partition coefficient (Wildman–Crippen LogP) is 1.18. The van der Waals surface area contributed by atoms with E-state index in [0.717, 1.165) is 31.7 Å². The van der Waals surface area contributed by atoms with E-state index in [1.165, 1.54) is 4.31 Å². The molecule has 0 N–H and O–H groups in total. The van der Waals surface area contributed by atoms with Crippen molar-refractivity contribution in [1.29, 1.82) is 0 Å². The number of nitrogens with zero attached hydrogens (tertiary/aromatic N) is 3. The lowest BCUT2D eigenvalue weighted by molar-refractivity contribution is -0.138. The number of sulfonamides is 1. The maximum absolute atomic E-state index is 12.9. The second-order valence-corrected chi connectivity index (χ2v) is 9.38. The molecule has 2 saturated heterocycles. The fourth-order valence-electron chi connectivity index (χ4n) is 3.79. The lowest BCUT2D eigenvalue weighted by Crippen LogP contribution is -2.50. The Bertz CT molecular complexity index is 780. The Hall–Kier alpha value is -1.64. The Morgan fingerprint density at radius 3 is 2.26 bits per heavy atom. The summed E-state index contributed by atoms with van der Waals surface area (Å²) in [6, 6.07) is 4.92. The van der Waals surface area contributed by atoms with Crippen LogP contribution in [0.2, 0.25) is 0 Å². The van der Waals surface area contributed by atoms with Crippen molar-refractivity contribution in [2.75, 3.05) is 53.4 Å². The second kappa shape index (κ2) is 8.16. The molecule has 1 amide bonds. The highest BCUT2D eigenvalue weighted by Gasteiger charge is 2.34. The van der Waals surface area contributed by atoms with Crippen molar-refractivity contribution < 1.29 is 17.9 Å². The summed E-state index contributed by atoms with van der Waals surface area (Å²) < 4.78 is 32.6. The number of likely N-dealkylation sites (N-methyl/N-ethyl adjacent to an activating group) is 1. The van der Waals surface area contributed by atoms with Gasteiger partial charge in [-0.25, -0.2) is 8.42 Å². The number of carbonyl (C=O) groups excluding carboxylic acids is 1. The van der Waals surface area contributed by atoms with Crippen molar-refractivity contribution in [3.63, 3.8) is 0 Å². The molecule has 0 atom stereocenters. The van der Waals surface area contributed by atoms with Gasteiger partial charge < -0.3 is 14.5 Å². The van der Waals surface area contributed by atoms with Gasteiger partial charge in [0, 0.05) is 45.2 Å². The summed E-state index contributed by atoms with van der Waals surface area (Å²) in [6.45, 7) is 5.93. The summed E-state index contributed by atoms with van der Waals surface area (Å²) in [5.41, 5.74) is 0.790. The quantitative estimate of drug-likeness (QED) is 0.766. The van der Waals surface area contributed by atoms with E-state index in [2.05, 4.69) is 11.9 Å². The number of aryl methyl sites for hydroxylation is 1. The van der Waals surface area contributed by atoms with Gasteiger partial charge in [-0.2, -0.15) is 4.31 Å². The van der Waals surface area contributed by atoms with Crippen LogP contribution in [-0.4, -0.2) is 81.9 Å². The molecule has 27 heavy (non-hydrogen) atoms. The van der Waals surface area contributed by atoms with Crippen molar-refractivity contribution >= 4 is 15.9 Å². The number of piperazine rings is 1. The van der Waals surface area contributed by atoms with Gasteiger partial charge in [0.1, 0.15) is 5.75 Å². The Morgan fingerprint density at radius 1 is 1.07 bits per heavy atom. The third-order valence-electron chi connectivity index (χ3n) is 5.62. The lowest BCUT2D eigenvalue weighted by Gasteiger charge is -2.37. The van der Waals surface area contributed by atoms with E-state index in [-0.39, 0.29) is 16.7 Å². The molecule has 2 heterocycles. The molecule has 1 aromatic carbocycles. The summed E-state index contributed by atoms with van der Waals surface area (Å²) in [5, 5.41) is 0. The SMILES string of the molecule is COc1ccc(S(=O)(=O)N2CCC(C(=O)N3CCN(C)CC3)CC2)cc1C. The van der Waals surface area contributed by atoms with E-state index in [4.69, 9.17) is 4.74 Å². The fourth-order valence-corrected chi connectivity index (χ4v) is 5.34. The Morgan fingerprint density at radius 2 is 1.70 bits per heavy atom. The molecule has 3 rings (SSSR count). The van der Waals surface area contributed by atoms with E-state index in [1.54, 1.807) is 25.3 Å². The highest BCUT2D eigenvalue weighted by atomic mass is 32.2. The van der Waals surface area contributed by atoms with Crippen molar-refractivity contribution in [3.8, 4) is 5.75 Å². The summed E-state index contributed by atoms with van der Waals surface area (Å²) in [6.07, 6.45) is 1.17. The molecule has 1 aromatic rings. The van der Waals surface area contributed by atoms with E-state index in [1.807, 2.05) is 11.8 Å². The molecule has 0 aromatic heterocycles. The molecule has 2 aliphatic heterocycles. The molecule has 2 aliphatic rings. The van der Waals surface area contributed by atoms with Crippen LogP contribution in [-0.2, 0) is 14.8 Å². The first kappa shape index (κ1) is 20.1. The third-order valence-corrected chi connectivity index (χ3v) is 7.52. The molecule has 0 spiro atoms. The zero-order chi connectivity index (χ0) is 19.6. The number of ether oxygens (including phenoxy) is 1. The van der Waals surface area contributed by atoms with E-state index in [9.17, 15) is 13.2 Å². The first-order chi connectivity index (χ1) is 12.8. The van der Waals surface area contributed by atoms with Crippen molar-refractivity contribution in [2.24, 2.45) is 5.92 Å². The molecular formula is C19H29N3O4S. The van der Waals surface area contributed by atoms with Crippen LogP contribution >= 0.6 is 0 Å². The van der Waals surface area contributed by atoms with E-state index in [0.29, 0.717) is 31.7 Å². The minimum absolute atomic E-state index is 0.0718. The number of benzene rings is 1. The van der Waals surface area contributed by atoms with Crippen LogP contribution in [0.4, 0.5) is 0 Å². The molecule has 0 aliphatic carbocycles. The largest absolute Gasteiger partial charge is 0.496 e. The van der Waals surface area contributed by atoms with E-state index >= 15 is 0 Å². The number of rotatable bonds is 4. The number of methoxy groups -OCH3 is 1. The van der Waals surface area contributed by atoms with Gasteiger partial charge in [0.15, 0.2) is 0 Å². The minimum atomic E-state index is -3.54. The van der Waals surface area contributed by atoms with Gasteiger partial charge >= 0.3 is 0 Å². The molecule has 0 radical (unpaired) electrons. The van der Waals surface area contributed by atoms with Gasteiger partial charge in [-0.1, -0.05) is 0 Å². The summed E-state index contributed by atoms with van der Waals surface area (Å²) >= 11 is 0. The molecule has 7 nitrogen and oxygen atoms in total. The molecule has 2 fully saturated rings. The van der Waals surface area contributed by atoms with Gasteiger partial charge in [0.25, 0.3) is 0 Å².